The van der Waals surface area contributed by atoms with Gasteiger partial charge in [0, 0.05) is 17.0 Å². The third-order valence-electron chi connectivity index (χ3n) is 6.51. The molecule has 1 aliphatic rings. The molecule has 1 aliphatic heterocycles. The van der Waals surface area contributed by atoms with Crippen LogP contribution in [0.4, 0.5) is 17.6 Å². The molecule has 1 saturated heterocycles. The first-order chi connectivity index (χ1) is 16.9. The fraction of sp³-hybridized carbons (Fsp3) is 0.310. The summed E-state index contributed by atoms with van der Waals surface area (Å²) in [6.07, 6.45) is 4.73. The minimum absolute atomic E-state index is 0.122. The molecule has 1 fully saturated rings. The summed E-state index contributed by atoms with van der Waals surface area (Å²) in [7, 11) is 0. The molecule has 0 saturated carbocycles. The maximum Gasteiger partial charge on any atom is 0.201 e. The highest BCUT2D eigenvalue weighted by Gasteiger charge is 2.22. The lowest BCUT2D eigenvalue weighted by Crippen LogP contribution is -2.22. The van der Waals surface area contributed by atoms with Crippen LogP contribution in [0.25, 0.3) is 11.1 Å². The van der Waals surface area contributed by atoms with Gasteiger partial charge in [0.15, 0.2) is 23.2 Å². The van der Waals surface area contributed by atoms with E-state index in [2.05, 4.69) is 18.7 Å². The van der Waals surface area contributed by atoms with Crippen LogP contribution >= 0.6 is 0 Å². The van der Waals surface area contributed by atoms with E-state index in [-0.39, 0.29) is 41.6 Å². The van der Waals surface area contributed by atoms with Crippen molar-refractivity contribution in [2.75, 3.05) is 13.2 Å². The summed E-state index contributed by atoms with van der Waals surface area (Å²) in [5.41, 5.74) is 1.69. The van der Waals surface area contributed by atoms with Crippen molar-refractivity contribution in [2.24, 2.45) is 0 Å². The van der Waals surface area contributed by atoms with Gasteiger partial charge in [0.25, 0.3) is 0 Å². The molecule has 1 heterocycles. The predicted molar refractivity (Wildman–Crippen MR) is 129 cm³/mol. The summed E-state index contributed by atoms with van der Waals surface area (Å²) in [5, 5.41) is 0. The van der Waals surface area contributed by atoms with E-state index in [0.717, 1.165) is 18.4 Å². The molecule has 2 nitrogen and oxygen atoms in total. The van der Waals surface area contributed by atoms with Gasteiger partial charge in [-0.2, -0.15) is 4.39 Å². The highest BCUT2D eigenvalue weighted by molar-refractivity contribution is 5.66. The minimum atomic E-state index is -1.27. The quantitative estimate of drug-likeness (QED) is 0.243. The van der Waals surface area contributed by atoms with E-state index in [1.165, 1.54) is 29.8 Å². The van der Waals surface area contributed by atoms with Gasteiger partial charge < -0.3 is 9.47 Å². The molecule has 6 heteroatoms. The summed E-state index contributed by atoms with van der Waals surface area (Å²) >= 11 is 0. The molecule has 0 aliphatic carbocycles. The van der Waals surface area contributed by atoms with Gasteiger partial charge in [-0.05, 0) is 61.4 Å². The zero-order chi connectivity index (χ0) is 24.9. The summed E-state index contributed by atoms with van der Waals surface area (Å²) in [6.45, 7) is 6.23. The SMILES string of the molecule is C=CC1CCC(c2ccc(CCc3ccc(-c4ccc(OCC)c(F)c4F)c(F)c3F)cc2)CO1. The number of benzene rings is 3. The van der Waals surface area contributed by atoms with Crippen molar-refractivity contribution in [2.45, 2.75) is 44.6 Å². The number of ether oxygens (including phenoxy) is 2. The third kappa shape index (κ3) is 5.43. The predicted octanol–water partition coefficient (Wildman–Crippen LogP) is 7.54. The average molecular weight is 485 g/mol. The molecule has 0 radical (unpaired) electrons. The van der Waals surface area contributed by atoms with Crippen molar-refractivity contribution in [3.8, 4) is 16.9 Å². The highest BCUT2D eigenvalue weighted by Crippen LogP contribution is 2.33. The van der Waals surface area contributed by atoms with E-state index in [9.17, 15) is 17.6 Å². The van der Waals surface area contributed by atoms with Crippen LogP contribution in [-0.4, -0.2) is 19.3 Å². The molecule has 0 spiro atoms. The number of hydrogen-bond acceptors (Lipinski definition) is 2. The third-order valence-corrected chi connectivity index (χ3v) is 6.51. The second-order valence-electron chi connectivity index (χ2n) is 8.70. The fourth-order valence-corrected chi connectivity index (χ4v) is 4.45. The summed E-state index contributed by atoms with van der Waals surface area (Å²) in [4.78, 5) is 0. The Morgan fingerprint density at radius 1 is 0.857 bits per heavy atom. The topological polar surface area (TPSA) is 18.5 Å². The molecule has 4 rings (SSSR count). The number of hydrogen-bond donors (Lipinski definition) is 0. The van der Waals surface area contributed by atoms with Crippen molar-refractivity contribution >= 4 is 0 Å². The Balaban J connectivity index is 1.44. The Bertz CT molecular complexity index is 1180. The molecule has 0 aromatic heterocycles. The summed E-state index contributed by atoms with van der Waals surface area (Å²) in [5.74, 6) is -4.68. The first-order valence-corrected chi connectivity index (χ1v) is 11.8. The number of rotatable bonds is 8. The van der Waals surface area contributed by atoms with E-state index in [4.69, 9.17) is 9.47 Å². The van der Waals surface area contributed by atoms with Crippen LogP contribution in [0.2, 0.25) is 0 Å². The van der Waals surface area contributed by atoms with Gasteiger partial charge in [-0.25, -0.2) is 13.2 Å². The van der Waals surface area contributed by atoms with E-state index in [0.29, 0.717) is 18.9 Å². The fourth-order valence-electron chi connectivity index (χ4n) is 4.45. The maximum atomic E-state index is 14.8. The number of halogens is 4. The van der Waals surface area contributed by atoms with E-state index >= 15 is 0 Å². The molecule has 0 bridgehead atoms. The average Bonchev–Trinajstić information content (AvgIpc) is 2.89. The Hall–Kier alpha value is -3.12. The Morgan fingerprint density at radius 3 is 2.17 bits per heavy atom. The lowest BCUT2D eigenvalue weighted by molar-refractivity contribution is 0.0329. The van der Waals surface area contributed by atoms with Crippen molar-refractivity contribution in [1.82, 2.24) is 0 Å². The lowest BCUT2D eigenvalue weighted by atomic mass is 9.90. The standard InChI is InChI=1S/C29H28F4O2/c1-3-22-13-11-21(17-35-22)19-8-5-18(6-9-19)7-10-20-12-14-23(27(31)26(20)30)24-15-16-25(34-4-2)29(33)28(24)32/h3,5-6,8-9,12,14-16,21-22H,1,4,7,10-11,13,17H2,2H3. The molecule has 3 aromatic carbocycles. The molecule has 0 N–H and O–H groups in total. The van der Waals surface area contributed by atoms with Gasteiger partial charge in [0.2, 0.25) is 5.82 Å². The molecule has 3 aromatic rings. The van der Waals surface area contributed by atoms with Crippen LogP contribution in [-0.2, 0) is 17.6 Å². The summed E-state index contributed by atoms with van der Waals surface area (Å²) in [6, 6.07) is 13.2. The van der Waals surface area contributed by atoms with Gasteiger partial charge in [0.1, 0.15) is 0 Å². The maximum absolute atomic E-state index is 14.8. The molecule has 2 atom stereocenters. The van der Waals surface area contributed by atoms with E-state index in [1.807, 2.05) is 18.2 Å². The lowest BCUT2D eigenvalue weighted by Gasteiger charge is -2.27. The van der Waals surface area contributed by atoms with Crippen LogP contribution in [0.1, 0.15) is 42.4 Å². The van der Waals surface area contributed by atoms with E-state index in [1.54, 1.807) is 6.92 Å². The Labute approximate surface area is 203 Å². The molecule has 184 valence electrons. The molecule has 0 amide bonds. The monoisotopic (exact) mass is 484 g/mol. The van der Waals surface area contributed by atoms with Crippen LogP contribution < -0.4 is 4.74 Å². The van der Waals surface area contributed by atoms with Crippen LogP contribution in [0.5, 0.6) is 5.75 Å². The Morgan fingerprint density at radius 2 is 1.54 bits per heavy atom. The van der Waals surface area contributed by atoms with Gasteiger partial charge in [0.05, 0.1) is 19.3 Å². The Kier molecular flexibility index (Phi) is 7.91. The normalized spacial score (nSPS) is 17.9. The summed E-state index contributed by atoms with van der Waals surface area (Å²) < 4.78 is 69.1. The largest absolute Gasteiger partial charge is 0.491 e. The minimum Gasteiger partial charge on any atom is -0.491 e. The van der Waals surface area contributed by atoms with Crippen LogP contribution in [0, 0.1) is 23.3 Å². The second-order valence-corrected chi connectivity index (χ2v) is 8.70. The van der Waals surface area contributed by atoms with Crippen molar-refractivity contribution in [3.63, 3.8) is 0 Å². The van der Waals surface area contributed by atoms with E-state index < -0.39 is 23.3 Å². The molecule has 35 heavy (non-hydrogen) atoms. The van der Waals surface area contributed by atoms with Gasteiger partial charge in [-0.3, -0.25) is 0 Å². The zero-order valence-electron chi connectivity index (χ0n) is 19.6. The van der Waals surface area contributed by atoms with Gasteiger partial charge in [-0.15, -0.1) is 6.58 Å². The zero-order valence-corrected chi connectivity index (χ0v) is 19.6. The molecule has 2 unspecified atom stereocenters. The van der Waals surface area contributed by atoms with Crippen molar-refractivity contribution in [1.29, 1.82) is 0 Å². The van der Waals surface area contributed by atoms with Crippen molar-refractivity contribution < 1.29 is 27.0 Å². The smallest absolute Gasteiger partial charge is 0.201 e. The van der Waals surface area contributed by atoms with Crippen LogP contribution in [0.3, 0.4) is 0 Å². The number of aryl methyl sites for hydroxylation is 2. The molecular formula is C29H28F4O2. The second kappa shape index (κ2) is 11.1. The first kappa shape index (κ1) is 25.0. The van der Waals surface area contributed by atoms with Gasteiger partial charge >= 0.3 is 0 Å². The molecular weight excluding hydrogens is 456 g/mol. The van der Waals surface area contributed by atoms with Crippen molar-refractivity contribution in [3.05, 3.63) is 101 Å². The van der Waals surface area contributed by atoms with Gasteiger partial charge in [-0.1, -0.05) is 42.5 Å². The van der Waals surface area contributed by atoms with Crippen LogP contribution in [0.15, 0.2) is 61.2 Å². The highest BCUT2D eigenvalue weighted by atomic mass is 19.2. The first-order valence-electron chi connectivity index (χ1n) is 11.8.